The Morgan fingerprint density at radius 1 is 1.24 bits per heavy atom. The Morgan fingerprint density at radius 2 is 1.94 bits per heavy atom. The molecule has 0 aliphatic heterocycles. The molecular weight excluding hydrogens is 220 g/mol. The molecule has 0 heterocycles. The Hall–Kier alpha value is -1.10. The molecule has 0 aromatic heterocycles. The highest BCUT2D eigenvalue weighted by molar-refractivity contribution is 5.76. The molecule has 100 valence electrons. The highest BCUT2D eigenvalue weighted by atomic mass is 16.5. The van der Waals surface area contributed by atoms with E-state index in [1.54, 1.807) is 6.92 Å². The Bertz CT molecular complexity index is 232. The van der Waals surface area contributed by atoms with Crippen molar-refractivity contribution in [3.63, 3.8) is 0 Å². The average molecular weight is 244 g/mol. The van der Waals surface area contributed by atoms with Crippen molar-refractivity contribution in [2.75, 3.05) is 26.2 Å². The number of hydrogen-bond acceptors (Lipinski definition) is 4. The van der Waals surface area contributed by atoms with Crippen molar-refractivity contribution in [2.24, 2.45) is 5.92 Å². The fourth-order valence-corrected chi connectivity index (χ4v) is 1.24. The van der Waals surface area contributed by atoms with Gasteiger partial charge in [-0.2, -0.15) is 0 Å². The minimum Gasteiger partial charge on any atom is -0.466 e. The molecule has 0 spiro atoms. The maximum atomic E-state index is 11.3. The van der Waals surface area contributed by atoms with Gasteiger partial charge in [0.1, 0.15) is 0 Å². The number of carbonyl (C=O) groups excluding carboxylic acids is 2. The molecule has 5 nitrogen and oxygen atoms in total. The van der Waals surface area contributed by atoms with Gasteiger partial charge in [-0.05, 0) is 13.3 Å². The Labute approximate surface area is 103 Å². The van der Waals surface area contributed by atoms with Crippen LogP contribution in [0.4, 0.5) is 0 Å². The Balaban J connectivity index is 3.50. The summed E-state index contributed by atoms with van der Waals surface area (Å²) in [7, 11) is 0. The predicted octanol–water partition coefficient (Wildman–Crippen LogP) is 0.692. The molecule has 0 bridgehead atoms. The third-order valence-corrected chi connectivity index (χ3v) is 2.24. The highest BCUT2D eigenvalue weighted by Gasteiger charge is 2.12. The van der Waals surface area contributed by atoms with E-state index in [2.05, 4.69) is 10.6 Å². The normalized spacial score (nSPS) is 11.9. The third-order valence-electron chi connectivity index (χ3n) is 2.24. The zero-order valence-electron chi connectivity index (χ0n) is 11.0. The second kappa shape index (κ2) is 10.1. The molecule has 17 heavy (non-hydrogen) atoms. The lowest BCUT2D eigenvalue weighted by Gasteiger charge is -2.11. The van der Waals surface area contributed by atoms with Gasteiger partial charge in [0, 0.05) is 26.1 Å². The van der Waals surface area contributed by atoms with Crippen molar-refractivity contribution < 1.29 is 14.3 Å². The molecule has 1 unspecified atom stereocenters. The summed E-state index contributed by atoms with van der Waals surface area (Å²) in [5.74, 6) is -0.327. The first kappa shape index (κ1) is 15.9. The maximum Gasteiger partial charge on any atom is 0.309 e. The van der Waals surface area contributed by atoms with Crippen molar-refractivity contribution in [1.29, 1.82) is 0 Å². The van der Waals surface area contributed by atoms with E-state index >= 15 is 0 Å². The van der Waals surface area contributed by atoms with Gasteiger partial charge in [0.15, 0.2) is 0 Å². The molecule has 0 rings (SSSR count). The van der Waals surface area contributed by atoms with Gasteiger partial charge in [-0.1, -0.05) is 13.8 Å². The van der Waals surface area contributed by atoms with Gasteiger partial charge < -0.3 is 15.4 Å². The van der Waals surface area contributed by atoms with Crippen molar-refractivity contribution in [3.05, 3.63) is 0 Å². The number of hydrogen-bond donors (Lipinski definition) is 2. The molecule has 0 saturated carbocycles. The number of ether oxygens (including phenoxy) is 1. The van der Waals surface area contributed by atoms with Gasteiger partial charge in [0.25, 0.3) is 0 Å². The summed E-state index contributed by atoms with van der Waals surface area (Å²) in [6, 6.07) is 0. The molecule has 1 amide bonds. The largest absolute Gasteiger partial charge is 0.466 e. The van der Waals surface area contributed by atoms with E-state index in [9.17, 15) is 9.59 Å². The van der Waals surface area contributed by atoms with Crippen molar-refractivity contribution in [1.82, 2.24) is 10.6 Å². The molecule has 0 aromatic carbocycles. The third kappa shape index (κ3) is 8.68. The summed E-state index contributed by atoms with van der Waals surface area (Å²) in [6.07, 6.45) is 1.38. The number of rotatable bonds is 9. The molecule has 0 aliphatic rings. The molecule has 1 atom stereocenters. The monoisotopic (exact) mass is 244 g/mol. The minimum atomic E-state index is -0.199. The van der Waals surface area contributed by atoms with Crippen LogP contribution in [-0.2, 0) is 14.3 Å². The zero-order valence-corrected chi connectivity index (χ0v) is 11.0. The van der Waals surface area contributed by atoms with Gasteiger partial charge >= 0.3 is 5.97 Å². The SMILES string of the molecule is CCCNC(=O)CCNCC(C)C(=O)OCC. The number of carbonyl (C=O) groups is 2. The first-order valence-corrected chi connectivity index (χ1v) is 6.25. The van der Waals surface area contributed by atoms with Crippen LogP contribution in [0.2, 0.25) is 0 Å². The van der Waals surface area contributed by atoms with E-state index in [-0.39, 0.29) is 17.8 Å². The van der Waals surface area contributed by atoms with Crippen LogP contribution in [0.25, 0.3) is 0 Å². The summed E-state index contributed by atoms with van der Waals surface area (Å²) in [4.78, 5) is 22.5. The van der Waals surface area contributed by atoms with Crippen molar-refractivity contribution >= 4 is 11.9 Å². The Morgan fingerprint density at radius 3 is 2.53 bits per heavy atom. The van der Waals surface area contributed by atoms with Crippen LogP contribution in [0.1, 0.15) is 33.6 Å². The first-order chi connectivity index (χ1) is 8.11. The van der Waals surface area contributed by atoms with E-state index in [0.29, 0.717) is 26.1 Å². The van der Waals surface area contributed by atoms with Crippen LogP contribution >= 0.6 is 0 Å². The summed E-state index contributed by atoms with van der Waals surface area (Å²) >= 11 is 0. The summed E-state index contributed by atoms with van der Waals surface area (Å²) < 4.78 is 4.88. The fourth-order valence-electron chi connectivity index (χ4n) is 1.24. The second-order valence-corrected chi connectivity index (χ2v) is 3.96. The summed E-state index contributed by atoms with van der Waals surface area (Å²) in [6.45, 7) is 7.86. The molecule has 0 fully saturated rings. The van der Waals surface area contributed by atoms with Crippen molar-refractivity contribution in [3.8, 4) is 0 Å². The molecule has 0 aromatic rings. The van der Waals surface area contributed by atoms with Crippen LogP contribution in [0.3, 0.4) is 0 Å². The topological polar surface area (TPSA) is 67.4 Å². The van der Waals surface area contributed by atoms with Crippen LogP contribution in [-0.4, -0.2) is 38.1 Å². The smallest absolute Gasteiger partial charge is 0.309 e. The van der Waals surface area contributed by atoms with Gasteiger partial charge in [-0.25, -0.2) is 0 Å². The average Bonchev–Trinajstić information content (AvgIpc) is 2.32. The predicted molar refractivity (Wildman–Crippen MR) is 66.6 cm³/mol. The van der Waals surface area contributed by atoms with E-state index in [1.165, 1.54) is 0 Å². The van der Waals surface area contributed by atoms with E-state index in [0.717, 1.165) is 13.0 Å². The second-order valence-electron chi connectivity index (χ2n) is 3.96. The van der Waals surface area contributed by atoms with E-state index in [4.69, 9.17) is 4.74 Å². The number of esters is 1. The number of amides is 1. The van der Waals surface area contributed by atoms with Gasteiger partial charge in [-0.15, -0.1) is 0 Å². The molecule has 0 saturated heterocycles. The van der Waals surface area contributed by atoms with Gasteiger partial charge in [0.05, 0.1) is 12.5 Å². The lowest BCUT2D eigenvalue weighted by molar-refractivity contribution is -0.147. The van der Waals surface area contributed by atoms with Gasteiger partial charge in [-0.3, -0.25) is 9.59 Å². The molecule has 2 N–H and O–H groups in total. The highest BCUT2D eigenvalue weighted by Crippen LogP contribution is 1.96. The van der Waals surface area contributed by atoms with E-state index in [1.807, 2.05) is 13.8 Å². The zero-order chi connectivity index (χ0) is 13.1. The summed E-state index contributed by atoms with van der Waals surface area (Å²) in [5.41, 5.74) is 0. The fraction of sp³-hybridized carbons (Fsp3) is 0.833. The van der Waals surface area contributed by atoms with E-state index < -0.39 is 0 Å². The Kier molecular flexibility index (Phi) is 9.43. The van der Waals surface area contributed by atoms with Gasteiger partial charge in [0.2, 0.25) is 5.91 Å². The lowest BCUT2D eigenvalue weighted by Crippen LogP contribution is -2.32. The summed E-state index contributed by atoms with van der Waals surface area (Å²) in [5, 5.41) is 5.86. The standard InChI is InChI=1S/C12H24N2O3/c1-4-7-14-11(15)6-8-13-9-10(3)12(16)17-5-2/h10,13H,4-9H2,1-3H3,(H,14,15). The minimum absolute atomic E-state index is 0.0446. The van der Waals surface area contributed by atoms with Crippen LogP contribution < -0.4 is 10.6 Å². The quantitative estimate of drug-likeness (QED) is 0.462. The lowest BCUT2D eigenvalue weighted by atomic mass is 10.2. The van der Waals surface area contributed by atoms with Crippen LogP contribution in [0, 0.1) is 5.92 Å². The molecular formula is C12H24N2O3. The van der Waals surface area contributed by atoms with Crippen molar-refractivity contribution in [2.45, 2.75) is 33.6 Å². The number of nitrogens with one attached hydrogen (secondary N) is 2. The maximum absolute atomic E-state index is 11.3. The molecule has 5 heteroatoms. The first-order valence-electron chi connectivity index (χ1n) is 6.25. The molecule has 0 radical (unpaired) electrons. The molecule has 0 aliphatic carbocycles. The van der Waals surface area contributed by atoms with Crippen LogP contribution in [0.15, 0.2) is 0 Å². The van der Waals surface area contributed by atoms with Crippen LogP contribution in [0.5, 0.6) is 0 Å².